The van der Waals surface area contributed by atoms with Gasteiger partial charge >= 0.3 is 6.18 Å². The summed E-state index contributed by atoms with van der Waals surface area (Å²) < 4.78 is 37.6. The molecule has 0 bridgehead atoms. The molecule has 2 nitrogen and oxygen atoms in total. The van der Waals surface area contributed by atoms with Crippen molar-refractivity contribution in [3.8, 4) is 0 Å². The minimum Gasteiger partial charge on any atom is -0.382 e. The van der Waals surface area contributed by atoms with Crippen LogP contribution in [-0.4, -0.2) is 11.8 Å². The number of nitrogens with one attached hydrogen (secondary N) is 1. The summed E-state index contributed by atoms with van der Waals surface area (Å²) >= 11 is 0. The monoisotopic (exact) mass is 243 g/mol. The average Bonchev–Trinajstić information content (AvgIpc) is 2.37. The molecule has 1 aromatic carbocycles. The van der Waals surface area contributed by atoms with Crippen molar-refractivity contribution in [2.24, 2.45) is 0 Å². The number of halogens is 3. The zero-order valence-corrected chi connectivity index (χ0v) is 9.27. The topological polar surface area (TPSA) is 29.1 Å². The molecule has 0 aliphatic carbocycles. The van der Waals surface area contributed by atoms with Gasteiger partial charge in [0, 0.05) is 23.7 Å². The predicted octanol–water partition coefficient (Wildman–Crippen LogP) is 3.48. The van der Waals surface area contributed by atoms with Gasteiger partial charge in [0.05, 0.1) is 5.56 Å². The lowest BCUT2D eigenvalue weighted by atomic mass is 10.0. The molecule has 0 fully saturated rings. The highest BCUT2D eigenvalue weighted by Gasteiger charge is 2.32. The van der Waals surface area contributed by atoms with Crippen LogP contribution in [0.15, 0.2) is 18.2 Å². The highest BCUT2D eigenvalue weighted by molar-refractivity contribution is 6.02. The average molecular weight is 243 g/mol. The van der Waals surface area contributed by atoms with Gasteiger partial charge in [-0.15, -0.1) is 0 Å². The molecule has 1 N–H and O–H groups in total. The van der Waals surface area contributed by atoms with E-state index in [1.807, 2.05) is 6.92 Å². The second-order valence-corrected chi connectivity index (χ2v) is 4.27. The summed E-state index contributed by atoms with van der Waals surface area (Å²) in [5.41, 5.74) is -0.141. The molecule has 0 saturated carbocycles. The van der Waals surface area contributed by atoms with Crippen LogP contribution in [0.4, 0.5) is 18.9 Å². The molecule has 1 atom stereocenters. The first-order valence-corrected chi connectivity index (χ1v) is 5.39. The Hall–Kier alpha value is -1.52. The minimum absolute atomic E-state index is 0.0944. The Balaban J connectivity index is 2.47. The standard InChI is InChI=1S/C12H12F3NO/c1-7-2-5-11(17)9-6-8(12(13,14)15)3-4-10(9)16-7/h3-4,6-7,16H,2,5H2,1H3. The van der Waals surface area contributed by atoms with Gasteiger partial charge in [-0.2, -0.15) is 13.2 Å². The number of benzene rings is 1. The van der Waals surface area contributed by atoms with Crippen LogP contribution in [-0.2, 0) is 6.18 Å². The molecule has 1 aliphatic rings. The minimum atomic E-state index is -4.41. The number of carbonyl (C=O) groups excluding carboxylic acids is 1. The fourth-order valence-electron chi connectivity index (χ4n) is 1.90. The lowest BCUT2D eigenvalue weighted by Crippen LogP contribution is -2.13. The maximum atomic E-state index is 12.5. The van der Waals surface area contributed by atoms with Crippen molar-refractivity contribution < 1.29 is 18.0 Å². The Morgan fingerprint density at radius 2 is 2.06 bits per heavy atom. The van der Waals surface area contributed by atoms with Crippen LogP contribution in [0.5, 0.6) is 0 Å². The van der Waals surface area contributed by atoms with Crippen molar-refractivity contribution in [3.05, 3.63) is 29.3 Å². The lowest BCUT2D eigenvalue weighted by molar-refractivity contribution is -0.137. The molecule has 1 unspecified atom stereocenters. The summed E-state index contributed by atoms with van der Waals surface area (Å²) in [6, 6.07) is 3.36. The molecular formula is C12H12F3NO. The lowest BCUT2D eigenvalue weighted by Gasteiger charge is -2.14. The van der Waals surface area contributed by atoms with Crippen molar-refractivity contribution in [1.82, 2.24) is 0 Å². The Labute approximate surface area is 96.8 Å². The zero-order chi connectivity index (χ0) is 12.6. The molecule has 1 aromatic rings. The molecule has 2 rings (SSSR count). The van der Waals surface area contributed by atoms with Crippen LogP contribution in [0.25, 0.3) is 0 Å². The van der Waals surface area contributed by atoms with Crippen molar-refractivity contribution in [1.29, 1.82) is 0 Å². The van der Waals surface area contributed by atoms with Crippen LogP contribution in [0, 0.1) is 0 Å². The molecule has 5 heteroatoms. The van der Waals surface area contributed by atoms with Gasteiger partial charge in [0.25, 0.3) is 0 Å². The van der Waals surface area contributed by atoms with E-state index in [1.165, 1.54) is 6.07 Å². The van der Waals surface area contributed by atoms with Crippen LogP contribution in [0.3, 0.4) is 0 Å². The number of hydrogen-bond donors (Lipinski definition) is 1. The third-order valence-electron chi connectivity index (χ3n) is 2.85. The zero-order valence-electron chi connectivity index (χ0n) is 9.27. The number of ketones is 1. The van der Waals surface area contributed by atoms with E-state index >= 15 is 0 Å². The normalized spacial score (nSPS) is 20.5. The van der Waals surface area contributed by atoms with Gasteiger partial charge in [0.1, 0.15) is 0 Å². The molecule has 92 valence electrons. The fourth-order valence-corrected chi connectivity index (χ4v) is 1.90. The Morgan fingerprint density at radius 3 is 2.71 bits per heavy atom. The summed E-state index contributed by atoms with van der Waals surface area (Å²) in [6.45, 7) is 1.90. The maximum absolute atomic E-state index is 12.5. The summed E-state index contributed by atoms with van der Waals surface area (Å²) in [4.78, 5) is 11.7. The first-order valence-electron chi connectivity index (χ1n) is 5.39. The summed E-state index contributed by atoms with van der Waals surface area (Å²) in [7, 11) is 0. The molecule has 1 heterocycles. The molecule has 0 aromatic heterocycles. The molecular weight excluding hydrogens is 231 g/mol. The first-order chi connectivity index (χ1) is 7.88. The van der Waals surface area contributed by atoms with Gasteiger partial charge in [-0.3, -0.25) is 4.79 Å². The van der Waals surface area contributed by atoms with E-state index in [4.69, 9.17) is 0 Å². The van der Waals surface area contributed by atoms with Crippen molar-refractivity contribution in [2.45, 2.75) is 32.0 Å². The summed E-state index contributed by atoms with van der Waals surface area (Å²) in [6.07, 6.45) is -3.50. The van der Waals surface area contributed by atoms with Crippen LogP contribution >= 0.6 is 0 Å². The molecule has 0 saturated heterocycles. The number of anilines is 1. The van der Waals surface area contributed by atoms with E-state index in [9.17, 15) is 18.0 Å². The van der Waals surface area contributed by atoms with E-state index in [-0.39, 0.29) is 23.8 Å². The maximum Gasteiger partial charge on any atom is 0.416 e. The van der Waals surface area contributed by atoms with Crippen molar-refractivity contribution in [3.63, 3.8) is 0 Å². The highest BCUT2D eigenvalue weighted by Crippen LogP contribution is 2.33. The van der Waals surface area contributed by atoms with Crippen LogP contribution in [0.1, 0.15) is 35.7 Å². The van der Waals surface area contributed by atoms with Gasteiger partial charge < -0.3 is 5.32 Å². The van der Waals surface area contributed by atoms with E-state index < -0.39 is 11.7 Å². The van der Waals surface area contributed by atoms with E-state index in [1.54, 1.807) is 0 Å². The van der Waals surface area contributed by atoms with E-state index in [0.717, 1.165) is 12.1 Å². The number of fused-ring (bicyclic) bond motifs is 1. The van der Waals surface area contributed by atoms with E-state index in [2.05, 4.69) is 5.32 Å². The smallest absolute Gasteiger partial charge is 0.382 e. The van der Waals surface area contributed by atoms with Gasteiger partial charge in [-0.25, -0.2) is 0 Å². The Bertz CT molecular complexity index is 454. The largest absolute Gasteiger partial charge is 0.416 e. The quantitative estimate of drug-likeness (QED) is 0.755. The van der Waals surface area contributed by atoms with Crippen molar-refractivity contribution in [2.75, 3.05) is 5.32 Å². The van der Waals surface area contributed by atoms with Crippen LogP contribution < -0.4 is 5.32 Å². The highest BCUT2D eigenvalue weighted by atomic mass is 19.4. The van der Waals surface area contributed by atoms with Crippen molar-refractivity contribution >= 4 is 11.5 Å². The van der Waals surface area contributed by atoms with Gasteiger partial charge in [0.2, 0.25) is 0 Å². The predicted molar refractivity (Wildman–Crippen MR) is 58.1 cm³/mol. The number of rotatable bonds is 0. The molecule has 0 amide bonds. The number of hydrogen-bond acceptors (Lipinski definition) is 2. The van der Waals surface area contributed by atoms with Gasteiger partial charge in [-0.1, -0.05) is 0 Å². The van der Waals surface area contributed by atoms with E-state index in [0.29, 0.717) is 12.1 Å². The second-order valence-electron chi connectivity index (χ2n) is 4.27. The Kier molecular flexibility index (Phi) is 2.85. The summed E-state index contributed by atoms with van der Waals surface area (Å²) in [5, 5.41) is 3.04. The van der Waals surface area contributed by atoms with Gasteiger partial charge in [-0.05, 0) is 31.5 Å². The molecule has 1 aliphatic heterocycles. The molecule has 17 heavy (non-hydrogen) atoms. The third kappa shape index (κ3) is 2.43. The SMILES string of the molecule is CC1CCC(=O)c2cc(C(F)(F)F)ccc2N1. The fraction of sp³-hybridized carbons (Fsp3) is 0.417. The summed E-state index contributed by atoms with van der Waals surface area (Å²) in [5.74, 6) is -0.233. The number of Topliss-reactive ketones (excluding diaryl/α,β-unsaturated/α-hetero) is 1. The Morgan fingerprint density at radius 1 is 1.35 bits per heavy atom. The second kappa shape index (κ2) is 4.05. The molecule has 0 radical (unpaired) electrons. The third-order valence-corrected chi connectivity index (χ3v) is 2.85. The first kappa shape index (κ1) is 12.0. The van der Waals surface area contributed by atoms with Crippen LogP contribution in [0.2, 0.25) is 0 Å². The number of alkyl halides is 3. The molecule has 0 spiro atoms. The van der Waals surface area contributed by atoms with Gasteiger partial charge in [0.15, 0.2) is 5.78 Å². The number of carbonyl (C=O) groups is 1.